The fourth-order valence-corrected chi connectivity index (χ4v) is 3.08. The molecule has 5 nitrogen and oxygen atoms in total. The number of carbonyl (C=O) groups is 2. The summed E-state index contributed by atoms with van der Waals surface area (Å²) in [7, 11) is 0. The number of rotatable bonds is 3. The van der Waals surface area contributed by atoms with Crippen molar-refractivity contribution in [1.29, 1.82) is 0 Å². The van der Waals surface area contributed by atoms with Gasteiger partial charge in [-0.2, -0.15) is 13.2 Å². The van der Waals surface area contributed by atoms with Crippen molar-refractivity contribution in [3.05, 3.63) is 58.4 Å². The van der Waals surface area contributed by atoms with E-state index in [4.69, 9.17) is 5.73 Å². The molecule has 3 N–H and O–H groups in total. The lowest BCUT2D eigenvalue weighted by Gasteiger charge is -2.24. The summed E-state index contributed by atoms with van der Waals surface area (Å²) in [5.74, 6) is -0.742. The van der Waals surface area contributed by atoms with E-state index in [1.165, 1.54) is 6.07 Å². The number of hydrogen-bond donors (Lipinski definition) is 2. The Labute approximate surface area is 147 Å². The zero-order chi connectivity index (χ0) is 18.9. The Hall–Kier alpha value is -2.74. The highest BCUT2D eigenvalue weighted by Gasteiger charge is 2.33. The van der Waals surface area contributed by atoms with Crippen molar-refractivity contribution in [3.8, 4) is 0 Å². The van der Waals surface area contributed by atoms with Crippen LogP contribution < -0.4 is 11.1 Å². The zero-order valence-corrected chi connectivity index (χ0v) is 13.6. The molecule has 0 saturated heterocycles. The lowest BCUT2D eigenvalue weighted by Crippen LogP contribution is -2.28. The molecule has 1 aliphatic rings. The number of benzene rings is 1. The molecule has 0 bridgehead atoms. The molecule has 2 aromatic rings. The van der Waals surface area contributed by atoms with Crippen LogP contribution in [0.15, 0.2) is 30.5 Å². The number of fused-ring (bicyclic) bond motifs is 1. The highest BCUT2D eigenvalue weighted by Crippen LogP contribution is 2.30. The number of anilines is 1. The minimum atomic E-state index is -4.64. The molecule has 0 spiro atoms. The van der Waals surface area contributed by atoms with Crippen molar-refractivity contribution in [3.63, 3.8) is 0 Å². The van der Waals surface area contributed by atoms with Gasteiger partial charge in [-0.3, -0.25) is 14.6 Å². The van der Waals surface area contributed by atoms with Crippen LogP contribution in [0.1, 0.15) is 44.0 Å². The van der Waals surface area contributed by atoms with E-state index in [1.807, 2.05) is 0 Å². The molecule has 136 valence electrons. The average Bonchev–Trinajstić information content (AvgIpc) is 2.61. The molecule has 8 heteroatoms. The summed E-state index contributed by atoms with van der Waals surface area (Å²) in [5, 5.41) is 2.52. The second kappa shape index (κ2) is 6.87. The fraction of sp³-hybridized carbons (Fsp3) is 0.278. The van der Waals surface area contributed by atoms with Gasteiger partial charge in [-0.1, -0.05) is 6.07 Å². The normalized spacial score (nSPS) is 16.7. The predicted octanol–water partition coefficient (Wildman–Crippen LogP) is 2.98. The van der Waals surface area contributed by atoms with Crippen molar-refractivity contribution >= 4 is 17.9 Å². The van der Waals surface area contributed by atoms with Crippen LogP contribution in [0.25, 0.3) is 0 Å². The van der Waals surface area contributed by atoms with Crippen LogP contribution in [0.5, 0.6) is 0 Å². The van der Waals surface area contributed by atoms with Gasteiger partial charge in [0.25, 0.3) is 5.91 Å². The third-order valence-electron chi connectivity index (χ3n) is 4.38. The number of hydrogen-bond acceptors (Lipinski definition) is 4. The number of amides is 1. The van der Waals surface area contributed by atoms with Gasteiger partial charge in [-0.05, 0) is 48.6 Å². The monoisotopic (exact) mass is 363 g/mol. The molecular formula is C18H16F3N3O2. The molecule has 1 aliphatic carbocycles. The van der Waals surface area contributed by atoms with Crippen LogP contribution in [0, 0.1) is 0 Å². The lowest BCUT2D eigenvalue weighted by molar-refractivity contribution is -0.141. The summed E-state index contributed by atoms with van der Waals surface area (Å²) in [6.45, 7) is 0. The van der Waals surface area contributed by atoms with E-state index >= 15 is 0 Å². The summed E-state index contributed by atoms with van der Waals surface area (Å²) in [5.41, 5.74) is 6.97. The molecule has 26 heavy (non-hydrogen) atoms. The molecule has 1 atom stereocenters. The van der Waals surface area contributed by atoms with E-state index in [9.17, 15) is 22.8 Å². The van der Waals surface area contributed by atoms with Crippen LogP contribution in [-0.2, 0) is 19.0 Å². The number of aldehydes is 1. The van der Waals surface area contributed by atoms with Crippen molar-refractivity contribution < 1.29 is 22.8 Å². The Kier molecular flexibility index (Phi) is 4.78. The van der Waals surface area contributed by atoms with Gasteiger partial charge in [0.2, 0.25) is 0 Å². The van der Waals surface area contributed by atoms with Crippen molar-refractivity contribution in [2.24, 2.45) is 5.73 Å². The summed E-state index contributed by atoms with van der Waals surface area (Å²) >= 11 is 0. The fourth-order valence-electron chi connectivity index (χ4n) is 3.08. The minimum Gasteiger partial charge on any atom is -0.327 e. The molecule has 1 heterocycles. The molecule has 0 saturated carbocycles. The molecule has 1 amide bonds. The molecule has 0 unspecified atom stereocenters. The van der Waals surface area contributed by atoms with Gasteiger partial charge < -0.3 is 11.1 Å². The maximum Gasteiger partial charge on any atom is 0.433 e. The first-order chi connectivity index (χ1) is 12.3. The van der Waals surface area contributed by atoms with Crippen LogP contribution in [0.4, 0.5) is 18.9 Å². The second-order valence-corrected chi connectivity index (χ2v) is 6.17. The molecule has 1 aromatic heterocycles. The van der Waals surface area contributed by atoms with Gasteiger partial charge in [0.15, 0.2) is 6.29 Å². The van der Waals surface area contributed by atoms with E-state index < -0.39 is 17.8 Å². The smallest absolute Gasteiger partial charge is 0.327 e. The molecule has 0 aliphatic heterocycles. The van der Waals surface area contributed by atoms with Gasteiger partial charge in [-0.15, -0.1) is 0 Å². The van der Waals surface area contributed by atoms with E-state index in [1.54, 1.807) is 12.1 Å². The number of aromatic nitrogens is 1. The number of nitrogens with two attached hydrogens (primary N) is 1. The number of pyridine rings is 1. The van der Waals surface area contributed by atoms with E-state index in [2.05, 4.69) is 10.3 Å². The SMILES string of the molecule is N[C@H]1CCc2c(ccc(NC(=O)c3ccnc(C(F)(F)F)c3)c2C=O)C1. The quantitative estimate of drug-likeness (QED) is 0.821. The van der Waals surface area contributed by atoms with E-state index in [-0.39, 0.29) is 17.3 Å². The number of nitrogens with one attached hydrogen (secondary N) is 1. The number of nitrogens with zero attached hydrogens (tertiary/aromatic N) is 1. The van der Waals surface area contributed by atoms with Gasteiger partial charge in [-0.25, -0.2) is 0 Å². The number of carbonyl (C=O) groups excluding carboxylic acids is 2. The minimum absolute atomic E-state index is 0.0278. The first-order valence-corrected chi connectivity index (χ1v) is 7.99. The first-order valence-electron chi connectivity index (χ1n) is 7.99. The third kappa shape index (κ3) is 3.60. The molecular weight excluding hydrogens is 347 g/mol. The topological polar surface area (TPSA) is 85.1 Å². The highest BCUT2D eigenvalue weighted by molar-refractivity contribution is 6.06. The van der Waals surface area contributed by atoms with Crippen molar-refractivity contribution in [2.75, 3.05) is 5.32 Å². The molecule has 1 aromatic carbocycles. The Morgan fingerprint density at radius 2 is 2.08 bits per heavy atom. The zero-order valence-electron chi connectivity index (χ0n) is 13.6. The summed E-state index contributed by atoms with van der Waals surface area (Å²) < 4.78 is 38.2. The van der Waals surface area contributed by atoms with Gasteiger partial charge in [0.05, 0.1) is 5.69 Å². The van der Waals surface area contributed by atoms with Crippen LogP contribution in [-0.4, -0.2) is 23.2 Å². The van der Waals surface area contributed by atoms with Gasteiger partial charge in [0.1, 0.15) is 5.69 Å². The van der Waals surface area contributed by atoms with E-state index in [0.717, 1.165) is 23.7 Å². The van der Waals surface area contributed by atoms with Gasteiger partial charge >= 0.3 is 6.18 Å². The Morgan fingerprint density at radius 3 is 2.77 bits per heavy atom. The Morgan fingerprint density at radius 1 is 1.31 bits per heavy atom. The maximum atomic E-state index is 12.7. The largest absolute Gasteiger partial charge is 0.433 e. The Bertz CT molecular complexity index is 865. The first kappa shape index (κ1) is 18.1. The number of halogens is 3. The average molecular weight is 363 g/mol. The second-order valence-electron chi connectivity index (χ2n) is 6.17. The number of alkyl halides is 3. The predicted molar refractivity (Wildman–Crippen MR) is 89.0 cm³/mol. The molecule has 3 rings (SSSR count). The summed E-state index contributed by atoms with van der Waals surface area (Å²) in [6, 6.07) is 5.24. The molecule has 0 radical (unpaired) electrons. The summed E-state index contributed by atoms with van der Waals surface area (Å²) in [6.07, 6.45) is -1.09. The molecule has 0 fully saturated rings. The van der Waals surface area contributed by atoms with Crippen molar-refractivity contribution in [1.82, 2.24) is 4.98 Å². The van der Waals surface area contributed by atoms with Crippen LogP contribution >= 0.6 is 0 Å². The third-order valence-corrected chi connectivity index (χ3v) is 4.38. The maximum absolute atomic E-state index is 12.7. The highest BCUT2D eigenvalue weighted by atomic mass is 19.4. The standard InChI is InChI=1S/C18H16F3N3O2/c19-18(20,21)16-8-11(5-6-23-16)17(26)24-15-4-1-10-7-12(22)2-3-13(10)14(15)9-25/h1,4-6,8-9,12H,2-3,7,22H2,(H,24,26)/t12-/m0/s1. The van der Waals surface area contributed by atoms with Gasteiger partial charge in [0, 0.05) is 23.4 Å². The van der Waals surface area contributed by atoms with Crippen LogP contribution in [0.2, 0.25) is 0 Å². The van der Waals surface area contributed by atoms with E-state index in [0.29, 0.717) is 30.8 Å². The summed E-state index contributed by atoms with van der Waals surface area (Å²) in [4.78, 5) is 27.1. The lowest BCUT2D eigenvalue weighted by atomic mass is 9.85. The van der Waals surface area contributed by atoms with Crippen LogP contribution in [0.3, 0.4) is 0 Å². The Balaban J connectivity index is 1.90. The van der Waals surface area contributed by atoms with Crippen molar-refractivity contribution in [2.45, 2.75) is 31.5 Å².